The number of hydrogen-bond donors (Lipinski definition) is 1. The Bertz CT molecular complexity index is 478. The van der Waals surface area contributed by atoms with E-state index in [0.717, 1.165) is 37.3 Å². The maximum absolute atomic E-state index is 11.3. The highest BCUT2D eigenvalue weighted by Crippen LogP contribution is 2.40. The molecular weight excluding hydrogens is 252 g/mol. The smallest absolute Gasteiger partial charge is 0.312 e. The number of imidazole rings is 1. The van der Waals surface area contributed by atoms with Gasteiger partial charge in [0, 0.05) is 12.5 Å². The van der Waals surface area contributed by atoms with Crippen LogP contribution in [0.3, 0.4) is 0 Å². The SMILES string of the molecule is O=C(O)C1CCCn2c(C3CCCC3)nc(Cl)c21. The third-order valence-corrected chi connectivity index (χ3v) is 4.49. The third kappa shape index (κ3) is 1.83. The fourth-order valence-corrected chi connectivity index (χ4v) is 3.67. The van der Waals surface area contributed by atoms with Gasteiger partial charge in [-0.25, -0.2) is 4.98 Å². The highest BCUT2D eigenvalue weighted by Gasteiger charge is 2.34. The van der Waals surface area contributed by atoms with Crippen LogP contribution in [-0.2, 0) is 11.3 Å². The average Bonchev–Trinajstić information content (AvgIpc) is 2.97. The molecule has 2 heterocycles. The second kappa shape index (κ2) is 4.57. The molecule has 0 spiro atoms. The molecule has 1 aliphatic carbocycles. The van der Waals surface area contributed by atoms with Gasteiger partial charge in [-0.2, -0.15) is 0 Å². The van der Waals surface area contributed by atoms with Crippen LogP contribution in [0, 0.1) is 0 Å². The summed E-state index contributed by atoms with van der Waals surface area (Å²) in [4.78, 5) is 15.8. The molecule has 1 fully saturated rings. The Morgan fingerprint density at radius 2 is 2.00 bits per heavy atom. The molecule has 1 aromatic rings. The van der Waals surface area contributed by atoms with E-state index in [0.29, 0.717) is 17.5 Å². The van der Waals surface area contributed by atoms with Gasteiger partial charge >= 0.3 is 5.97 Å². The summed E-state index contributed by atoms with van der Waals surface area (Å²) in [7, 11) is 0. The molecule has 2 aliphatic rings. The maximum atomic E-state index is 11.3. The van der Waals surface area contributed by atoms with Crippen LogP contribution in [0.25, 0.3) is 0 Å². The molecule has 0 bridgehead atoms. The molecule has 1 N–H and O–H groups in total. The van der Waals surface area contributed by atoms with E-state index in [1.165, 1.54) is 12.8 Å². The Kier molecular flexibility index (Phi) is 3.06. The summed E-state index contributed by atoms with van der Waals surface area (Å²) >= 11 is 6.18. The van der Waals surface area contributed by atoms with Crippen molar-refractivity contribution in [1.29, 1.82) is 0 Å². The van der Waals surface area contributed by atoms with Gasteiger partial charge in [-0.15, -0.1) is 0 Å². The summed E-state index contributed by atoms with van der Waals surface area (Å²) in [5.74, 6) is 0.242. The Hall–Kier alpha value is -1.03. The molecule has 0 radical (unpaired) electrons. The van der Waals surface area contributed by atoms with Crippen molar-refractivity contribution in [2.24, 2.45) is 0 Å². The van der Waals surface area contributed by atoms with Gasteiger partial charge in [-0.3, -0.25) is 4.79 Å². The fourth-order valence-electron chi connectivity index (χ4n) is 3.35. The molecule has 1 atom stereocenters. The number of fused-ring (bicyclic) bond motifs is 1. The van der Waals surface area contributed by atoms with E-state index < -0.39 is 11.9 Å². The summed E-state index contributed by atoms with van der Waals surface area (Å²) < 4.78 is 2.08. The molecule has 4 nitrogen and oxygen atoms in total. The molecule has 0 saturated heterocycles. The highest BCUT2D eigenvalue weighted by atomic mass is 35.5. The van der Waals surface area contributed by atoms with E-state index in [9.17, 15) is 9.90 Å². The number of carboxylic acids is 1. The van der Waals surface area contributed by atoms with Crippen molar-refractivity contribution in [2.45, 2.75) is 56.9 Å². The predicted octanol–water partition coefficient (Wildman–Crippen LogP) is 3.16. The van der Waals surface area contributed by atoms with Crippen LogP contribution in [0.2, 0.25) is 5.15 Å². The van der Waals surface area contributed by atoms with E-state index in [1.807, 2.05) is 0 Å². The maximum Gasteiger partial charge on any atom is 0.312 e. The molecule has 5 heteroatoms. The molecule has 0 aromatic carbocycles. The van der Waals surface area contributed by atoms with Crippen molar-refractivity contribution in [3.05, 3.63) is 16.7 Å². The Balaban J connectivity index is 2.03. The van der Waals surface area contributed by atoms with Crippen molar-refractivity contribution in [1.82, 2.24) is 9.55 Å². The molecule has 3 rings (SSSR count). The van der Waals surface area contributed by atoms with Crippen LogP contribution in [-0.4, -0.2) is 20.6 Å². The normalized spacial score (nSPS) is 24.2. The Labute approximate surface area is 111 Å². The van der Waals surface area contributed by atoms with E-state index in [2.05, 4.69) is 9.55 Å². The number of aromatic nitrogens is 2. The van der Waals surface area contributed by atoms with Crippen LogP contribution in [0.1, 0.15) is 61.9 Å². The molecule has 1 aromatic heterocycles. The quantitative estimate of drug-likeness (QED) is 0.896. The molecule has 1 saturated carbocycles. The highest BCUT2D eigenvalue weighted by molar-refractivity contribution is 6.30. The second-order valence-electron chi connectivity index (χ2n) is 5.31. The topological polar surface area (TPSA) is 55.1 Å². The van der Waals surface area contributed by atoms with Crippen molar-refractivity contribution in [3.63, 3.8) is 0 Å². The number of rotatable bonds is 2. The minimum absolute atomic E-state index is 0.406. The molecule has 1 aliphatic heterocycles. The standard InChI is InChI=1S/C13H17ClN2O2/c14-11-10-9(13(17)18)6-3-7-16(10)12(15-11)8-4-1-2-5-8/h8-9H,1-7H2,(H,17,18). The zero-order valence-electron chi connectivity index (χ0n) is 10.2. The van der Waals surface area contributed by atoms with Crippen LogP contribution >= 0.6 is 11.6 Å². The minimum Gasteiger partial charge on any atom is -0.481 e. The average molecular weight is 269 g/mol. The lowest BCUT2D eigenvalue weighted by atomic mass is 9.96. The monoisotopic (exact) mass is 268 g/mol. The van der Waals surface area contributed by atoms with Crippen LogP contribution < -0.4 is 0 Å². The minimum atomic E-state index is -0.782. The molecular formula is C13H17ClN2O2. The summed E-state index contributed by atoms with van der Waals surface area (Å²) in [6.45, 7) is 0.866. The van der Waals surface area contributed by atoms with Crippen LogP contribution in [0.15, 0.2) is 0 Å². The number of hydrogen-bond acceptors (Lipinski definition) is 2. The van der Waals surface area contributed by atoms with Gasteiger partial charge in [-0.05, 0) is 25.7 Å². The van der Waals surface area contributed by atoms with Gasteiger partial charge in [-0.1, -0.05) is 24.4 Å². The fraction of sp³-hybridized carbons (Fsp3) is 0.692. The lowest BCUT2D eigenvalue weighted by Gasteiger charge is -2.23. The lowest BCUT2D eigenvalue weighted by Crippen LogP contribution is -2.23. The number of nitrogens with zero attached hydrogens (tertiary/aromatic N) is 2. The van der Waals surface area contributed by atoms with Crippen molar-refractivity contribution in [2.75, 3.05) is 0 Å². The second-order valence-corrected chi connectivity index (χ2v) is 5.67. The summed E-state index contributed by atoms with van der Waals surface area (Å²) in [5, 5.41) is 9.69. The largest absolute Gasteiger partial charge is 0.481 e. The third-order valence-electron chi connectivity index (χ3n) is 4.21. The van der Waals surface area contributed by atoms with Crippen molar-refractivity contribution >= 4 is 17.6 Å². The molecule has 0 amide bonds. The van der Waals surface area contributed by atoms with Gasteiger partial charge < -0.3 is 9.67 Å². The predicted molar refractivity (Wildman–Crippen MR) is 68.1 cm³/mol. The van der Waals surface area contributed by atoms with E-state index in [-0.39, 0.29) is 0 Å². The van der Waals surface area contributed by atoms with Gasteiger partial charge in [0.05, 0.1) is 5.69 Å². The van der Waals surface area contributed by atoms with Gasteiger partial charge in [0.2, 0.25) is 0 Å². The number of aliphatic carboxylic acids is 1. The van der Waals surface area contributed by atoms with Gasteiger partial charge in [0.1, 0.15) is 11.7 Å². The zero-order valence-corrected chi connectivity index (χ0v) is 11.0. The van der Waals surface area contributed by atoms with Gasteiger partial charge in [0.15, 0.2) is 5.15 Å². The Morgan fingerprint density at radius 1 is 1.28 bits per heavy atom. The van der Waals surface area contributed by atoms with Gasteiger partial charge in [0.25, 0.3) is 0 Å². The summed E-state index contributed by atoms with van der Waals surface area (Å²) in [5.41, 5.74) is 0.734. The first-order chi connectivity index (χ1) is 8.68. The van der Waals surface area contributed by atoms with Crippen molar-refractivity contribution in [3.8, 4) is 0 Å². The van der Waals surface area contributed by atoms with Crippen molar-refractivity contribution < 1.29 is 9.90 Å². The molecule has 1 unspecified atom stereocenters. The first-order valence-corrected chi connectivity index (χ1v) is 7.05. The zero-order chi connectivity index (χ0) is 12.7. The summed E-state index contributed by atoms with van der Waals surface area (Å²) in [6, 6.07) is 0. The van der Waals surface area contributed by atoms with E-state index >= 15 is 0 Å². The molecule has 98 valence electrons. The van der Waals surface area contributed by atoms with E-state index in [4.69, 9.17) is 11.6 Å². The molecule has 18 heavy (non-hydrogen) atoms. The first-order valence-electron chi connectivity index (χ1n) is 6.67. The Morgan fingerprint density at radius 3 is 2.67 bits per heavy atom. The lowest BCUT2D eigenvalue weighted by molar-refractivity contribution is -0.139. The number of carboxylic acid groups (broad SMARTS) is 1. The van der Waals surface area contributed by atoms with E-state index in [1.54, 1.807) is 0 Å². The van der Waals surface area contributed by atoms with Crippen LogP contribution in [0.5, 0.6) is 0 Å². The first kappa shape index (κ1) is 12.0. The summed E-state index contributed by atoms with van der Waals surface area (Å²) in [6.07, 6.45) is 6.37. The number of halogens is 1. The van der Waals surface area contributed by atoms with Crippen LogP contribution in [0.4, 0.5) is 0 Å². The number of carbonyl (C=O) groups is 1.